The fourth-order valence-electron chi connectivity index (χ4n) is 2.29. The fraction of sp³-hybridized carbons (Fsp3) is 0.438. The molecule has 1 fully saturated rings. The molecule has 0 radical (unpaired) electrons. The zero-order valence-corrected chi connectivity index (χ0v) is 12.4. The van der Waals surface area contributed by atoms with Crippen LogP contribution in [0.25, 0.3) is 0 Å². The van der Waals surface area contributed by atoms with Crippen LogP contribution in [0, 0.1) is 11.3 Å². The smallest absolute Gasteiger partial charge is 0.417 e. The Labute approximate surface area is 124 Å². The summed E-state index contributed by atoms with van der Waals surface area (Å²) in [6, 6.07) is 9.21. The van der Waals surface area contributed by atoms with E-state index < -0.39 is 11.7 Å². The standard InChI is InChI=1S/C16H18N2O3/c1-16(2,3)21-15(20)18-10-13(8-14(18)19)12-6-4-5-11(7-12)9-17/h4-7,13H,8,10H2,1-3H3. The number of nitrogens with zero attached hydrogens (tertiary/aromatic N) is 2. The molecule has 1 unspecified atom stereocenters. The van der Waals surface area contributed by atoms with Crippen LogP contribution >= 0.6 is 0 Å². The molecule has 1 aliphatic heterocycles. The van der Waals surface area contributed by atoms with E-state index in [1.165, 1.54) is 0 Å². The summed E-state index contributed by atoms with van der Waals surface area (Å²) in [4.78, 5) is 25.1. The summed E-state index contributed by atoms with van der Waals surface area (Å²) < 4.78 is 5.23. The molecule has 5 nitrogen and oxygen atoms in total. The number of benzene rings is 1. The van der Waals surface area contributed by atoms with Gasteiger partial charge < -0.3 is 4.74 Å². The summed E-state index contributed by atoms with van der Waals surface area (Å²) in [6.45, 7) is 5.58. The number of ether oxygens (including phenoxy) is 1. The lowest BCUT2D eigenvalue weighted by atomic mass is 9.97. The van der Waals surface area contributed by atoms with E-state index >= 15 is 0 Å². The lowest BCUT2D eigenvalue weighted by Gasteiger charge is -2.23. The lowest BCUT2D eigenvalue weighted by Crippen LogP contribution is -2.37. The number of carbonyl (C=O) groups excluding carboxylic acids is 2. The van der Waals surface area contributed by atoms with Crippen LogP contribution in [0.5, 0.6) is 0 Å². The van der Waals surface area contributed by atoms with E-state index in [0.29, 0.717) is 12.1 Å². The number of rotatable bonds is 1. The van der Waals surface area contributed by atoms with Gasteiger partial charge in [-0.3, -0.25) is 4.79 Å². The number of carbonyl (C=O) groups is 2. The van der Waals surface area contributed by atoms with Crippen LogP contribution in [0.3, 0.4) is 0 Å². The van der Waals surface area contributed by atoms with Crippen molar-refractivity contribution in [1.82, 2.24) is 4.90 Å². The molecule has 110 valence electrons. The highest BCUT2D eigenvalue weighted by atomic mass is 16.6. The fourth-order valence-corrected chi connectivity index (χ4v) is 2.29. The Kier molecular flexibility index (Phi) is 3.99. The number of likely N-dealkylation sites (tertiary alicyclic amines) is 1. The third kappa shape index (κ3) is 3.60. The first-order valence-electron chi connectivity index (χ1n) is 6.83. The Morgan fingerprint density at radius 2 is 2.14 bits per heavy atom. The van der Waals surface area contributed by atoms with Gasteiger partial charge in [0.2, 0.25) is 5.91 Å². The normalized spacial score (nSPS) is 18.5. The van der Waals surface area contributed by atoms with Crippen molar-refractivity contribution in [2.45, 2.75) is 38.7 Å². The van der Waals surface area contributed by atoms with Gasteiger partial charge in [-0.1, -0.05) is 12.1 Å². The predicted molar refractivity (Wildman–Crippen MR) is 76.5 cm³/mol. The Morgan fingerprint density at radius 3 is 2.76 bits per heavy atom. The minimum Gasteiger partial charge on any atom is -0.443 e. The molecule has 0 N–H and O–H groups in total. The van der Waals surface area contributed by atoms with Gasteiger partial charge in [0.05, 0.1) is 11.6 Å². The predicted octanol–water partition coefficient (Wildman–Crippen LogP) is 2.81. The van der Waals surface area contributed by atoms with Crippen molar-refractivity contribution in [3.05, 3.63) is 35.4 Å². The first kappa shape index (κ1) is 15.0. The van der Waals surface area contributed by atoms with E-state index in [-0.39, 0.29) is 18.2 Å². The van der Waals surface area contributed by atoms with Crippen LogP contribution in [0.4, 0.5) is 4.79 Å². The molecule has 2 rings (SSSR count). The van der Waals surface area contributed by atoms with Crippen molar-refractivity contribution in [3.8, 4) is 6.07 Å². The van der Waals surface area contributed by atoms with Crippen molar-refractivity contribution in [2.75, 3.05) is 6.54 Å². The molecule has 0 saturated carbocycles. The quantitative estimate of drug-likeness (QED) is 0.796. The summed E-state index contributed by atoms with van der Waals surface area (Å²) in [5.74, 6) is -0.324. The second-order valence-electron chi connectivity index (χ2n) is 6.12. The highest BCUT2D eigenvalue weighted by molar-refractivity contribution is 5.94. The van der Waals surface area contributed by atoms with Crippen molar-refractivity contribution in [2.24, 2.45) is 0 Å². The molecule has 1 saturated heterocycles. The van der Waals surface area contributed by atoms with Gasteiger partial charge in [-0.25, -0.2) is 9.69 Å². The van der Waals surface area contributed by atoms with E-state index in [1.807, 2.05) is 6.07 Å². The van der Waals surface area contributed by atoms with Crippen LogP contribution in [-0.4, -0.2) is 29.0 Å². The van der Waals surface area contributed by atoms with Crippen LogP contribution in [0.2, 0.25) is 0 Å². The van der Waals surface area contributed by atoms with Crippen molar-refractivity contribution >= 4 is 12.0 Å². The molecule has 2 amide bonds. The monoisotopic (exact) mass is 286 g/mol. The third-order valence-electron chi connectivity index (χ3n) is 3.23. The van der Waals surface area contributed by atoms with Gasteiger partial charge in [0.15, 0.2) is 0 Å². The van der Waals surface area contributed by atoms with Gasteiger partial charge in [0, 0.05) is 18.9 Å². The molecule has 0 bridgehead atoms. The highest BCUT2D eigenvalue weighted by Crippen LogP contribution is 2.29. The van der Waals surface area contributed by atoms with Crippen LogP contribution < -0.4 is 0 Å². The zero-order valence-electron chi connectivity index (χ0n) is 12.4. The topological polar surface area (TPSA) is 70.4 Å². The largest absolute Gasteiger partial charge is 0.443 e. The van der Waals surface area contributed by atoms with Gasteiger partial charge in [0.1, 0.15) is 5.60 Å². The number of hydrogen-bond donors (Lipinski definition) is 0. The second-order valence-corrected chi connectivity index (χ2v) is 6.12. The van der Waals surface area contributed by atoms with Gasteiger partial charge in [-0.05, 0) is 38.5 Å². The molecule has 1 heterocycles. The first-order chi connectivity index (χ1) is 9.80. The summed E-state index contributed by atoms with van der Waals surface area (Å²) in [5, 5.41) is 8.92. The number of nitriles is 1. The maximum atomic E-state index is 12.0. The van der Waals surface area contributed by atoms with Crippen LogP contribution in [-0.2, 0) is 9.53 Å². The summed E-state index contributed by atoms with van der Waals surface area (Å²) in [6.07, 6.45) is -0.347. The molecule has 5 heteroatoms. The Bertz CT molecular complexity index is 611. The summed E-state index contributed by atoms with van der Waals surface area (Å²) >= 11 is 0. The average Bonchev–Trinajstić information content (AvgIpc) is 2.79. The maximum Gasteiger partial charge on any atom is 0.417 e. The van der Waals surface area contributed by atoms with Gasteiger partial charge in [0.25, 0.3) is 0 Å². The first-order valence-corrected chi connectivity index (χ1v) is 6.83. The zero-order chi connectivity index (χ0) is 15.6. The number of imide groups is 1. The Hall–Kier alpha value is -2.35. The molecule has 1 aromatic carbocycles. The van der Waals surface area contributed by atoms with Gasteiger partial charge in [-0.2, -0.15) is 5.26 Å². The van der Waals surface area contributed by atoms with Crippen molar-refractivity contribution < 1.29 is 14.3 Å². The molecule has 0 spiro atoms. The Morgan fingerprint density at radius 1 is 1.43 bits per heavy atom. The second kappa shape index (κ2) is 5.57. The van der Waals surface area contributed by atoms with Crippen molar-refractivity contribution in [1.29, 1.82) is 5.26 Å². The molecule has 0 aliphatic carbocycles. The van der Waals surface area contributed by atoms with E-state index in [9.17, 15) is 9.59 Å². The minimum atomic E-state index is -0.629. The van der Waals surface area contributed by atoms with Gasteiger partial charge in [-0.15, -0.1) is 0 Å². The maximum absolute atomic E-state index is 12.0. The molecule has 1 aliphatic rings. The average molecular weight is 286 g/mol. The summed E-state index contributed by atoms with van der Waals surface area (Å²) in [7, 11) is 0. The van der Waals surface area contributed by atoms with E-state index in [1.54, 1.807) is 39.0 Å². The molecule has 1 atom stereocenters. The Balaban J connectivity index is 2.12. The third-order valence-corrected chi connectivity index (χ3v) is 3.23. The van der Waals surface area contributed by atoms with E-state index in [4.69, 9.17) is 10.00 Å². The van der Waals surface area contributed by atoms with Gasteiger partial charge >= 0.3 is 6.09 Å². The molecular weight excluding hydrogens is 268 g/mol. The molecular formula is C16H18N2O3. The van der Waals surface area contributed by atoms with E-state index in [0.717, 1.165) is 10.5 Å². The van der Waals surface area contributed by atoms with Crippen LogP contribution in [0.15, 0.2) is 24.3 Å². The number of amides is 2. The summed E-state index contributed by atoms with van der Waals surface area (Å²) in [5.41, 5.74) is 0.819. The minimum absolute atomic E-state index is 0.0849. The molecule has 1 aromatic rings. The number of hydrogen-bond acceptors (Lipinski definition) is 4. The van der Waals surface area contributed by atoms with E-state index in [2.05, 4.69) is 6.07 Å². The SMILES string of the molecule is CC(C)(C)OC(=O)N1CC(c2cccc(C#N)c2)CC1=O. The molecule has 0 aromatic heterocycles. The van der Waals surface area contributed by atoms with Crippen molar-refractivity contribution in [3.63, 3.8) is 0 Å². The lowest BCUT2D eigenvalue weighted by molar-refractivity contribution is -0.126. The van der Waals surface area contributed by atoms with Crippen LogP contribution in [0.1, 0.15) is 44.2 Å². The highest BCUT2D eigenvalue weighted by Gasteiger charge is 2.37. The molecule has 21 heavy (non-hydrogen) atoms.